The maximum absolute atomic E-state index is 14.1. The maximum atomic E-state index is 14.1. The second-order valence-corrected chi connectivity index (χ2v) is 13.2. The van der Waals surface area contributed by atoms with Crippen molar-refractivity contribution in [1.29, 1.82) is 0 Å². The van der Waals surface area contributed by atoms with Crippen molar-refractivity contribution < 1.29 is 23.7 Å². The fourth-order valence-electron chi connectivity index (χ4n) is 7.91. The van der Waals surface area contributed by atoms with Gasteiger partial charge in [0.05, 0.1) is 41.0 Å². The highest BCUT2D eigenvalue weighted by atomic mass is 35.5. The van der Waals surface area contributed by atoms with Crippen LogP contribution in [0.4, 0.5) is 0 Å². The van der Waals surface area contributed by atoms with Gasteiger partial charge in [-0.3, -0.25) is 14.6 Å². The van der Waals surface area contributed by atoms with Crippen molar-refractivity contribution in [3.05, 3.63) is 46.5 Å². The zero-order valence-electron chi connectivity index (χ0n) is 27.5. The number of halogens is 2. The van der Waals surface area contributed by atoms with E-state index in [0.29, 0.717) is 61.6 Å². The average molecular weight is 663 g/mol. The van der Waals surface area contributed by atoms with Crippen LogP contribution >= 0.6 is 23.2 Å². The van der Waals surface area contributed by atoms with Crippen LogP contribution in [0.25, 0.3) is 0 Å². The number of benzene rings is 2. The molecule has 0 radical (unpaired) electrons. The number of hydrogen-bond donors (Lipinski definition) is 0. The molecule has 4 atom stereocenters. The van der Waals surface area contributed by atoms with Crippen LogP contribution in [0, 0.1) is 11.8 Å². The van der Waals surface area contributed by atoms with Crippen LogP contribution in [0.3, 0.4) is 0 Å². The Morgan fingerprint density at radius 3 is 1.96 bits per heavy atom. The van der Waals surface area contributed by atoms with Crippen LogP contribution in [0.15, 0.2) is 24.3 Å². The molecule has 4 unspecified atom stereocenters. The van der Waals surface area contributed by atoms with E-state index >= 15 is 0 Å². The molecule has 5 rings (SSSR count). The third-order valence-electron chi connectivity index (χ3n) is 10.3. The summed E-state index contributed by atoms with van der Waals surface area (Å²) >= 11 is 12.2. The van der Waals surface area contributed by atoms with Crippen molar-refractivity contribution in [3.8, 4) is 23.0 Å². The molecule has 1 saturated heterocycles. The fourth-order valence-corrected chi connectivity index (χ4v) is 8.39. The molecule has 0 saturated carbocycles. The summed E-state index contributed by atoms with van der Waals surface area (Å²) in [5.74, 6) is 5.02. The quantitative estimate of drug-likeness (QED) is 0.246. The SMILES string of the molecule is CCC1CN2CCc3cc(OC)c(OC)cc3C2CC1CC1c2cc(OC)c(OC)cc2CCN1C(=O)CN(CCCl)CCCl. The summed E-state index contributed by atoms with van der Waals surface area (Å²) in [7, 11) is 6.76. The lowest BCUT2D eigenvalue weighted by Gasteiger charge is -2.49. The predicted octanol–water partition coefficient (Wildman–Crippen LogP) is 5.96. The van der Waals surface area contributed by atoms with Crippen molar-refractivity contribution in [2.45, 2.75) is 51.1 Å². The normalized spacial score (nSPS) is 22.8. The zero-order valence-corrected chi connectivity index (χ0v) is 29.0. The van der Waals surface area contributed by atoms with Gasteiger partial charge in [-0.2, -0.15) is 0 Å². The Balaban J connectivity index is 1.49. The first-order valence-electron chi connectivity index (χ1n) is 16.3. The summed E-state index contributed by atoms with van der Waals surface area (Å²) in [6.45, 7) is 6.65. The van der Waals surface area contributed by atoms with E-state index in [2.05, 4.69) is 45.9 Å². The molecule has 8 nitrogen and oxygen atoms in total. The standard InChI is InChI=1S/C35H49Cl2N3O5/c1-6-23-21-39-11-7-24-17-31(42-2)33(44-4)19-27(24)29(39)15-26(23)16-30-28-20-34(45-5)32(43-3)18-25(28)8-12-40(30)35(41)22-38(13-9-36)14-10-37/h17-20,23,26,29-30H,6-16,21-22H2,1-5H3. The van der Waals surface area contributed by atoms with Gasteiger partial charge in [0, 0.05) is 50.5 Å². The lowest BCUT2D eigenvalue weighted by atomic mass is 9.72. The van der Waals surface area contributed by atoms with Gasteiger partial charge in [-0.05, 0) is 84.0 Å². The number of amides is 1. The van der Waals surface area contributed by atoms with Gasteiger partial charge < -0.3 is 23.8 Å². The first-order valence-corrected chi connectivity index (χ1v) is 17.3. The molecule has 2 aromatic rings. The largest absolute Gasteiger partial charge is 0.493 e. The predicted molar refractivity (Wildman–Crippen MR) is 180 cm³/mol. The number of ether oxygens (including phenoxy) is 4. The summed E-state index contributed by atoms with van der Waals surface area (Å²) < 4.78 is 22.8. The Morgan fingerprint density at radius 2 is 1.38 bits per heavy atom. The third-order valence-corrected chi connectivity index (χ3v) is 10.6. The summed E-state index contributed by atoms with van der Waals surface area (Å²) in [6, 6.07) is 8.82. The Labute approximate surface area is 278 Å². The molecule has 1 fully saturated rings. The van der Waals surface area contributed by atoms with E-state index in [4.69, 9.17) is 42.1 Å². The second-order valence-electron chi connectivity index (χ2n) is 12.5. The summed E-state index contributed by atoms with van der Waals surface area (Å²) in [6.07, 6.45) is 4.81. The molecule has 3 heterocycles. The van der Waals surface area contributed by atoms with Gasteiger partial charge in [0.15, 0.2) is 23.0 Å². The summed E-state index contributed by atoms with van der Waals surface area (Å²) in [5, 5.41) is 0. The molecule has 0 aliphatic carbocycles. The number of methoxy groups -OCH3 is 4. The van der Waals surface area contributed by atoms with Gasteiger partial charge in [0.25, 0.3) is 0 Å². The van der Waals surface area contributed by atoms with Crippen LogP contribution in [0.1, 0.15) is 60.5 Å². The molecule has 0 aromatic heterocycles. The van der Waals surface area contributed by atoms with Crippen LogP contribution in [0.2, 0.25) is 0 Å². The van der Waals surface area contributed by atoms with Crippen molar-refractivity contribution in [2.75, 3.05) is 79.5 Å². The van der Waals surface area contributed by atoms with Crippen molar-refractivity contribution >= 4 is 29.1 Å². The topological polar surface area (TPSA) is 63.7 Å². The van der Waals surface area contributed by atoms with E-state index in [1.54, 1.807) is 28.4 Å². The highest BCUT2D eigenvalue weighted by molar-refractivity contribution is 6.18. The minimum absolute atomic E-state index is 0.0611. The van der Waals surface area contributed by atoms with Gasteiger partial charge in [-0.15, -0.1) is 23.2 Å². The molecule has 0 spiro atoms. The first kappa shape index (κ1) is 34.0. The zero-order chi connectivity index (χ0) is 32.1. The number of fused-ring (bicyclic) bond motifs is 4. The molecule has 2 aromatic carbocycles. The van der Waals surface area contributed by atoms with Gasteiger partial charge in [0.2, 0.25) is 5.91 Å². The highest BCUT2D eigenvalue weighted by Gasteiger charge is 2.42. The van der Waals surface area contributed by atoms with Gasteiger partial charge in [-0.25, -0.2) is 0 Å². The summed E-state index contributed by atoms with van der Waals surface area (Å²) in [5.41, 5.74) is 5.09. The van der Waals surface area contributed by atoms with E-state index in [9.17, 15) is 4.79 Å². The van der Waals surface area contributed by atoms with E-state index in [1.807, 2.05) is 0 Å². The lowest BCUT2D eigenvalue weighted by Crippen LogP contribution is -2.49. The molecule has 3 aliphatic heterocycles. The molecule has 248 valence electrons. The highest BCUT2D eigenvalue weighted by Crippen LogP contribution is 2.49. The Bertz CT molecular complexity index is 1320. The average Bonchev–Trinajstić information content (AvgIpc) is 3.06. The fraction of sp³-hybridized carbons (Fsp3) is 0.629. The van der Waals surface area contributed by atoms with Crippen LogP contribution in [-0.2, 0) is 17.6 Å². The molecule has 0 N–H and O–H groups in total. The molecule has 45 heavy (non-hydrogen) atoms. The van der Waals surface area contributed by atoms with E-state index < -0.39 is 0 Å². The van der Waals surface area contributed by atoms with E-state index in [0.717, 1.165) is 62.4 Å². The molecule has 10 heteroatoms. The van der Waals surface area contributed by atoms with Crippen LogP contribution < -0.4 is 18.9 Å². The van der Waals surface area contributed by atoms with Gasteiger partial charge in [-0.1, -0.05) is 13.3 Å². The van der Waals surface area contributed by atoms with Crippen LogP contribution in [0.5, 0.6) is 23.0 Å². The molecular formula is C35H49Cl2N3O5. The Kier molecular flexibility index (Phi) is 11.7. The maximum Gasteiger partial charge on any atom is 0.237 e. The monoisotopic (exact) mass is 661 g/mol. The number of carbonyl (C=O) groups is 1. The van der Waals surface area contributed by atoms with Crippen molar-refractivity contribution in [1.82, 2.24) is 14.7 Å². The number of rotatable bonds is 13. The molecule has 1 amide bonds. The number of hydrogen-bond acceptors (Lipinski definition) is 7. The summed E-state index contributed by atoms with van der Waals surface area (Å²) in [4.78, 5) is 20.9. The number of carbonyl (C=O) groups excluding carboxylic acids is 1. The number of alkyl halides is 2. The molecular weight excluding hydrogens is 613 g/mol. The number of piperidine rings is 1. The number of nitrogens with zero attached hydrogens (tertiary/aromatic N) is 3. The van der Waals surface area contributed by atoms with E-state index in [1.165, 1.54) is 22.3 Å². The lowest BCUT2D eigenvalue weighted by molar-refractivity contribution is -0.136. The molecule has 3 aliphatic rings. The first-order chi connectivity index (χ1) is 21.9. The smallest absolute Gasteiger partial charge is 0.237 e. The van der Waals surface area contributed by atoms with Crippen molar-refractivity contribution in [3.63, 3.8) is 0 Å². The van der Waals surface area contributed by atoms with E-state index in [-0.39, 0.29) is 11.9 Å². The minimum atomic E-state index is -0.0611. The van der Waals surface area contributed by atoms with Crippen LogP contribution in [-0.4, -0.2) is 100 Å². The third kappa shape index (κ3) is 7.14. The second kappa shape index (κ2) is 15.5. The Hall–Kier alpha value is -2.39. The van der Waals surface area contributed by atoms with Gasteiger partial charge in [0.1, 0.15) is 0 Å². The van der Waals surface area contributed by atoms with Gasteiger partial charge >= 0.3 is 0 Å². The minimum Gasteiger partial charge on any atom is -0.493 e. The molecule has 0 bridgehead atoms. The van der Waals surface area contributed by atoms with Crippen molar-refractivity contribution in [2.24, 2.45) is 11.8 Å². The Morgan fingerprint density at radius 1 is 0.822 bits per heavy atom.